The second-order valence-corrected chi connectivity index (χ2v) is 15.3. The molecule has 0 aliphatic carbocycles. The van der Waals surface area contributed by atoms with Crippen LogP contribution in [0.25, 0.3) is 0 Å². The molecule has 0 saturated carbocycles. The van der Waals surface area contributed by atoms with Crippen molar-refractivity contribution in [3.63, 3.8) is 0 Å². The maximum Gasteiger partial charge on any atom is 0.410 e. The van der Waals surface area contributed by atoms with Crippen LogP contribution >= 0.6 is 0 Å². The van der Waals surface area contributed by atoms with Crippen molar-refractivity contribution in [2.45, 2.75) is 103 Å². The molecule has 3 aromatic carbocycles. The van der Waals surface area contributed by atoms with Crippen molar-refractivity contribution in [2.24, 2.45) is 5.73 Å². The number of nitrogens with zero attached hydrogens (tertiary/aromatic N) is 1. The zero-order chi connectivity index (χ0) is 40.7. The van der Waals surface area contributed by atoms with Gasteiger partial charge in [-0.15, -0.1) is 0 Å². The van der Waals surface area contributed by atoms with E-state index in [1.807, 2.05) is 0 Å². The molecule has 3 aromatic rings. The van der Waals surface area contributed by atoms with E-state index >= 15 is 4.39 Å². The van der Waals surface area contributed by atoms with E-state index in [1.54, 1.807) is 48.5 Å². The number of morpholine rings is 1. The third-order valence-corrected chi connectivity index (χ3v) is 8.61. The van der Waals surface area contributed by atoms with Crippen molar-refractivity contribution in [2.75, 3.05) is 18.5 Å². The molecule has 4 N–H and O–H groups in total. The van der Waals surface area contributed by atoms with Gasteiger partial charge in [-0.1, -0.05) is 30.3 Å². The predicted octanol–water partition coefficient (Wildman–Crippen LogP) is 7.19. The standard InChI is InChI=1S/C40H49F3N4O8/c1-23-32(22-52-36(44)49)47(38(51)55-40(5,6)7)21-28(53-23)19-20-29-30(43)9-8-10-31(29)45-35(48)34(46-37(50)54-39(2,3)4)33(24-11-15-26(41)16-12-24)25-13-17-27(42)18-14-25/h8-18,23,28,32-34H,19-22H2,1-7H3,(H2,44,49)(H,45,48)(H,46,50). The normalized spacial score (nSPS) is 17.9. The second kappa shape index (κ2) is 17.9. The number of amides is 4. The molecule has 4 atom stereocenters. The van der Waals surface area contributed by atoms with Crippen molar-refractivity contribution in [3.05, 3.63) is 101 Å². The van der Waals surface area contributed by atoms with Gasteiger partial charge in [0.05, 0.1) is 24.8 Å². The molecule has 1 aliphatic heterocycles. The molecule has 4 unspecified atom stereocenters. The van der Waals surface area contributed by atoms with Crippen LogP contribution < -0.4 is 16.4 Å². The summed E-state index contributed by atoms with van der Waals surface area (Å²) in [5.74, 6) is -3.46. The fourth-order valence-corrected chi connectivity index (χ4v) is 6.23. The van der Waals surface area contributed by atoms with Crippen molar-refractivity contribution in [3.8, 4) is 0 Å². The summed E-state index contributed by atoms with van der Waals surface area (Å²) < 4.78 is 66.0. The van der Waals surface area contributed by atoms with E-state index in [-0.39, 0.29) is 37.2 Å². The summed E-state index contributed by atoms with van der Waals surface area (Å²) in [6.45, 7) is 11.6. The van der Waals surface area contributed by atoms with Gasteiger partial charge in [-0.3, -0.25) is 9.69 Å². The Hall–Kier alpha value is -5.31. The molecular weight excluding hydrogens is 721 g/mol. The highest BCUT2D eigenvalue weighted by atomic mass is 19.1. The van der Waals surface area contributed by atoms with E-state index in [1.165, 1.54) is 71.6 Å². The largest absolute Gasteiger partial charge is 0.447 e. The lowest BCUT2D eigenvalue weighted by molar-refractivity contribution is -0.122. The number of nitrogens with one attached hydrogen (secondary N) is 2. The molecule has 1 heterocycles. The fraction of sp³-hybridized carbons (Fsp3) is 0.450. The van der Waals surface area contributed by atoms with E-state index in [0.717, 1.165) is 0 Å². The Balaban J connectivity index is 1.64. The summed E-state index contributed by atoms with van der Waals surface area (Å²) >= 11 is 0. The number of benzene rings is 3. The van der Waals surface area contributed by atoms with E-state index in [9.17, 15) is 28.0 Å². The van der Waals surface area contributed by atoms with Crippen LogP contribution in [0.15, 0.2) is 66.7 Å². The number of alkyl carbamates (subject to hydrolysis) is 1. The molecule has 0 bridgehead atoms. The number of nitrogens with two attached hydrogens (primary N) is 1. The smallest absolute Gasteiger partial charge is 0.410 e. The average Bonchev–Trinajstić information content (AvgIpc) is 3.07. The Morgan fingerprint density at radius 3 is 1.96 bits per heavy atom. The summed E-state index contributed by atoms with van der Waals surface area (Å²) in [5, 5.41) is 5.40. The third kappa shape index (κ3) is 12.4. The van der Waals surface area contributed by atoms with Crippen molar-refractivity contribution in [1.82, 2.24) is 10.2 Å². The van der Waals surface area contributed by atoms with Gasteiger partial charge in [0.1, 0.15) is 41.3 Å². The fourth-order valence-electron chi connectivity index (χ4n) is 6.23. The van der Waals surface area contributed by atoms with Crippen molar-refractivity contribution < 1.29 is 51.3 Å². The van der Waals surface area contributed by atoms with Gasteiger partial charge in [-0.25, -0.2) is 27.6 Å². The topological polar surface area (TPSA) is 159 Å². The molecule has 1 fully saturated rings. The molecule has 0 spiro atoms. The highest BCUT2D eigenvalue weighted by Crippen LogP contribution is 2.32. The highest BCUT2D eigenvalue weighted by Gasteiger charge is 2.40. The minimum Gasteiger partial charge on any atom is -0.447 e. The maximum absolute atomic E-state index is 15.6. The Morgan fingerprint density at radius 1 is 0.873 bits per heavy atom. The zero-order valence-corrected chi connectivity index (χ0v) is 32.0. The first kappa shape index (κ1) is 42.4. The molecule has 4 amide bonds. The first-order valence-corrected chi connectivity index (χ1v) is 17.9. The van der Waals surface area contributed by atoms with Crippen molar-refractivity contribution >= 4 is 29.9 Å². The quantitative estimate of drug-likeness (QED) is 0.173. The number of hydrogen-bond acceptors (Lipinski definition) is 8. The lowest BCUT2D eigenvalue weighted by atomic mass is 9.84. The van der Waals surface area contributed by atoms with Gasteiger partial charge < -0.3 is 35.3 Å². The lowest BCUT2D eigenvalue weighted by Crippen LogP contribution is -2.59. The number of rotatable bonds is 11. The molecule has 15 heteroatoms. The molecule has 55 heavy (non-hydrogen) atoms. The minimum absolute atomic E-state index is 0.0150. The third-order valence-electron chi connectivity index (χ3n) is 8.61. The predicted molar refractivity (Wildman–Crippen MR) is 198 cm³/mol. The van der Waals surface area contributed by atoms with Gasteiger partial charge in [0.25, 0.3) is 0 Å². The molecule has 12 nitrogen and oxygen atoms in total. The van der Waals surface area contributed by atoms with Crippen LogP contribution in [0.1, 0.15) is 77.5 Å². The summed E-state index contributed by atoms with van der Waals surface area (Å²) in [4.78, 5) is 53.6. The number of halogens is 3. The SMILES string of the molecule is CC1OC(CCc2c(F)cccc2NC(=O)C(NC(=O)OC(C)(C)C)C(c2ccc(F)cc2)c2ccc(F)cc2)CN(C(=O)OC(C)(C)C)C1COC(N)=O. The summed E-state index contributed by atoms with van der Waals surface area (Å²) in [5.41, 5.74) is 4.46. The van der Waals surface area contributed by atoms with Crippen LogP contribution in [-0.4, -0.2) is 77.7 Å². The number of anilines is 1. The van der Waals surface area contributed by atoms with Gasteiger partial charge in [0.2, 0.25) is 5.91 Å². The Kier molecular flexibility index (Phi) is 13.8. The number of ether oxygens (including phenoxy) is 4. The average molecular weight is 771 g/mol. The molecule has 1 aliphatic rings. The van der Waals surface area contributed by atoms with Crippen LogP contribution in [-0.2, 0) is 30.2 Å². The van der Waals surface area contributed by atoms with Crippen LogP contribution in [0, 0.1) is 17.5 Å². The molecule has 0 radical (unpaired) electrons. The van der Waals surface area contributed by atoms with Gasteiger partial charge in [0.15, 0.2) is 0 Å². The number of carbonyl (C=O) groups is 4. The Bertz CT molecular complexity index is 1770. The van der Waals surface area contributed by atoms with Crippen LogP contribution in [0.3, 0.4) is 0 Å². The van der Waals surface area contributed by atoms with Crippen LogP contribution in [0.2, 0.25) is 0 Å². The number of primary amides is 1. The van der Waals surface area contributed by atoms with E-state index < -0.39 is 83.1 Å². The number of carbonyl (C=O) groups excluding carboxylic acids is 4. The van der Waals surface area contributed by atoms with E-state index in [4.69, 9.17) is 24.7 Å². The highest BCUT2D eigenvalue weighted by molar-refractivity contribution is 5.98. The summed E-state index contributed by atoms with van der Waals surface area (Å²) in [7, 11) is 0. The second-order valence-electron chi connectivity index (χ2n) is 15.3. The van der Waals surface area contributed by atoms with Gasteiger partial charge in [-0.05, 0) is 109 Å². The number of hydrogen-bond donors (Lipinski definition) is 3. The molecular formula is C40H49F3N4O8. The van der Waals surface area contributed by atoms with Gasteiger partial charge in [0, 0.05) is 17.2 Å². The van der Waals surface area contributed by atoms with Crippen molar-refractivity contribution in [1.29, 1.82) is 0 Å². The van der Waals surface area contributed by atoms with Crippen LogP contribution in [0.4, 0.5) is 33.2 Å². The lowest BCUT2D eigenvalue weighted by Gasteiger charge is -2.43. The molecule has 0 aromatic heterocycles. The molecule has 1 saturated heterocycles. The van der Waals surface area contributed by atoms with E-state index in [2.05, 4.69) is 10.6 Å². The van der Waals surface area contributed by atoms with E-state index in [0.29, 0.717) is 11.1 Å². The van der Waals surface area contributed by atoms with Gasteiger partial charge in [-0.2, -0.15) is 0 Å². The van der Waals surface area contributed by atoms with Crippen LogP contribution in [0.5, 0.6) is 0 Å². The Morgan fingerprint density at radius 2 is 1.44 bits per heavy atom. The Labute approximate surface area is 318 Å². The zero-order valence-electron chi connectivity index (χ0n) is 32.0. The first-order chi connectivity index (χ1) is 25.7. The van der Waals surface area contributed by atoms with Gasteiger partial charge >= 0.3 is 18.3 Å². The first-order valence-electron chi connectivity index (χ1n) is 17.9. The molecule has 298 valence electrons. The minimum atomic E-state index is -1.42. The summed E-state index contributed by atoms with van der Waals surface area (Å²) in [6, 6.07) is 12.6. The molecule has 4 rings (SSSR count). The maximum atomic E-state index is 15.6. The summed E-state index contributed by atoms with van der Waals surface area (Å²) in [6.07, 6.45) is -3.65. The monoisotopic (exact) mass is 770 g/mol.